The van der Waals surface area contributed by atoms with Gasteiger partial charge >= 0.3 is 0 Å². The number of fused-ring (bicyclic) bond motifs is 1. The Labute approximate surface area is 174 Å². The van der Waals surface area contributed by atoms with Crippen LogP contribution in [0.25, 0.3) is 10.9 Å². The first-order chi connectivity index (χ1) is 12.0. The molecule has 1 aromatic carbocycles. The molecule has 0 atom stereocenters. The summed E-state index contributed by atoms with van der Waals surface area (Å²) in [4.78, 5) is 7.91. The molecule has 26 heavy (non-hydrogen) atoms. The summed E-state index contributed by atoms with van der Waals surface area (Å²) in [5.74, 6) is 0.763. The first-order valence-corrected chi connectivity index (χ1v) is 9.33. The molecule has 0 bridgehead atoms. The second-order valence-electron chi connectivity index (χ2n) is 6.61. The highest BCUT2D eigenvalue weighted by atomic mass is 127. The lowest BCUT2D eigenvalue weighted by Gasteiger charge is -2.23. The third-order valence-corrected chi connectivity index (χ3v) is 4.87. The normalized spacial score (nSPS) is 12.1. The van der Waals surface area contributed by atoms with Gasteiger partial charge in [-0.2, -0.15) is 0 Å². The Morgan fingerprint density at radius 1 is 1.19 bits per heavy atom. The Morgan fingerprint density at radius 3 is 2.58 bits per heavy atom. The molecule has 0 fully saturated rings. The van der Waals surface area contributed by atoms with E-state index in [1.54, 1.807) is 0 Å². The quantitative estimate of drug-likeness (QED) is 0.269. The summed E-state index contributed by atoms with van der Waals surface area (Å²) in [6.45, 7) is 10.2. The van der Waals surface area contributed by atoms with E-state index in [1.165, 1.54) is 22.0 Å². The number of aromatic amines is 1. The SMILES string of the molecule is CCNC(=NCC(O)(CC)CC)NCCc1c[nH]c2cccc(C)c12.I. The molecule has 0 amide bonds. The number of aromatic nitrogens is 1. The molecule has 146 valence electrons. The van der Waals surface area contributed by atoms with Crippen molar-refractivity contribution in [1.29, 1.82) is 0 Å². The summed E-state index contributed by atoms with van der Waals surface area (Å²) in [5, 5.41) is 18.4. The first kappa shape index (κ1) is 22.8. The number of hydrogen-bond acceptors (Lipinski definition) is 2. The minimum Gasteiger partial charge on any atom is -0.388 e. The third kappa shape index (κ3) is 5.87. The number of rotatable bonds is 8. The highest BCUT2D eigenvalue weighted by Gasteiger charge is 2.21. The predicted molar refractivity (Wildman–Crippen MR) is 122 cm³/mol. The summed E-state index contributed by atoms with van der Waals surface area (Å²) in [6, 6.07) is 6.34. The largest absolute Gasteiger partial charge is 0.388 e. The van der Waals surface area contributed by atoms with Gasteiger partial charge in [0.05, 0.1) is 12.1 Å². The Bertz CT molecular complexity index is 707. The Hall–Kier alpha value is -1.28. The van der Waals surface area contributed by atoms with Crippen LogP contribution < -0.4 is 10.6 Å². The highest BCUT2D eigenvalue weighted by molar-refractivity contribution is 14.0. The average molecular weight is 472 g/mol. The minimum absolute atomic E-state index is 0. The lowest BCUT2D eigenvalue weighted by atomic mass is 9.98. The van der Waals surface area contributed by atoms with Crippen molar-refractivity contribution in [1.82, 2.24) is 15.6 Å². The van der Waals surface area contributed by atoms with Gasteiger partial charge in [0, 0.05) is 30.2 Å². The lowest BCUT2D eigenvalue weighted by Crippen LogP contribution is -2.40. The van der Waals surface area contributed by atoms with Gasteiger partial charge in [-0.1, -0.05) is 26.0 Å². The van der Waals surface area contributed by atoms with Crippen molar-refractivity contribution in [3.8, 4) is 0 Å². The first-order valence-electron chi connectivity index (χ1n) is 9.33. The van der Waals surface area contributed by atoms with Gasteiger partial charge in [0.1, 0.15) is 0 Å². The van der Waals surface area contributed by atoms with Crippen LogP contribution >= 0.6 is 24.0 Å². The van der Waals surface area contributed by atoms with E-state index < -0.39 is 5.60 Å². The van der Waals surface area contributed by atoms with Crippen LogP contribution in [0.4, 0.5) is 0 Å². The van der Waals surface area contributed by atoms with Gasteiger partial charge in [0.15, 0.2) is 5.96 Å². The van der Waals surface area contributed by atoms with Crippen LogP contribution in [0.5, 0.6) is 0 Å². The zero-order valence-electron chi connectivity index (χ0n) is 16.4. The van der Waals surface area contributed by atoms with Gasteiger partial charge in [0.25, 0.3) is 0 Å². The number of aliphatic hydroxyl groups is 1. The summed E-state index contributed by atoms with van der Waals surface area (Å²) in [6.07, 6.45) is 4.43. The smallest absolute Gasteiger partial charge is 0.191 e. The van der Waals surface area contributed by atoms with Crippen LogP contribution in [0.2, 0.25) is 0 Å². The molecule has 0 saturated carbocycles. The van der Waals surface area contributed by atoms with Crippen molar-refractivity contribution in [2.24, 2.45) is 4.99 Å². The van der Waals surface area contributed by atoms with Crippen molar-refractivity contribution in [3.63, 3.8) is 0 Å². The Morgan fingerprint density at radius 2 is 1.92 bits per heavy atom. The van der Waals surface area contributed by atoms with Crippen LogP contribution in [0.15, 0.2) is 29.4 Å². The van der Waals surface area contributed by atoms with Crippen LogP contribution in [0.1, 0.15) is 44.7 Å². The molecule has 6 heteroatoms. The topological polar surface area (TPSA) is 72.4 Å². The summed E-state index contributed by atoms with van der Waals surface area (Å²) in [7, 11) is 0. The van der Waals surface area contributed by atoms with E-state index in [4.69, 9.17) is 0 Å². The van der Waals surface area contributed by atoms with E-state index in [1.807, 2.05) is 20.8 Å². The fourth-order valence-electron chi connectivity index (χ4n) is 3.01. The number of H-pyrrole nitrogens is 1. The van der Waals surface area contributed by atoms with E-state index in [0.717, 1.165) is 25.5 Å². The van der Waals surface area contributed by atoms with E-state index in [9.17, 15) is 5.11 Å². The van der Waals surface area contributed by atoms with Crippen LogP contribution in [0.3, 0.4) is 0 Å². The third-order valence-electron chi connectivity index (χ3n) is 4.87. The zero-order valence-corrected chi connectivity index (χ0v) is 18.7. The molecule has 4 N–H and O–H groups in total. The second kappa shape index (κ2) is 10.8. The summed E-state index contributed by atoms with van der Waals surface area (Å²) in [5.41, 5.74) is 3.09. The van der Waals surface area contributed by atoms with Crippen LogP contribution in [-0.4, -0.2) is 41.3 Å². The standard InChI is InChI=1S/C20H32N4O.HI/c1-5-20(25,6-2)14-24-19(21-7-3)22-12-11-16-13-23-17-10-8-9-15(4)18(16)17;/h8-10,13,23,25H,5-7,11-12,14H2,1-4H3,(H2,21,22,24);1H. The van der Waals surface area contributed by atoms with Gasteiger partial charge in [0.2, 0.25) is 0 Å². The van der Waals surface area contributed by atoms with Gasteiger partial charge in [-0.25, -0.2) is 0 Å². The lowest BCUT2D eigenvalue weighted by molar-refractivity contribution is 0.0418. The van der Waals surface area contributed by atoms with Crippen molar-refractivity contribution < 1.29 is 5.11 Å². The fourth-order valence-corrected chi connectivity index (χ4v) is 3.01. The molecule has 0 aliphatic carbocycles. The zero-order chi connectivity index (χ0) is 18.3. The number of nitrogens with zero attached hydrogens (tertiary/aromatic N) is 1. The van der Waals surface area contributed by atoms with Gasteiger partial charge < -0.3 is 20.7 Å². The van der Waals surface area contributed by atoms with Crippen molar-refractivity contribution in [3.05, 3.63) is 35.5 Å². The van der Waals surface area contributed by atoms with Crippen molar-refractivity contribution in [2.75, 3.05) is 19.6 Å². The molecule has 0 saturated heterocycles. The molecular weight excluding hydrogens is 439 g/mol. The summed E-state index contributed by atoms with van der Waals surface area (Å²) >= 11 is 0. The molecule has 0 unspecified atom stereocenters. The average Bonchev–Trinajstić information content (AvgIpc) is 3.04. The maximum absolute atomic E-state index is 10.4. The van der Waals surface area contributed by atoms with E-state index >= 15 is 0 Å². The molecule has 2 rings (SSSR count). The van der Waals surface area contributed by atoms with Crippen LogP contribution in [-0.2, 0) is 6.42 Å². The summed E-state index contributed by atoms with van der Waals surface area (Å²) < 4.78 is 0. The number of guanidine groups is 1. The molecule has 0 aliphatic rings. The molecule has 0 spiro atoms. The number of aliphatic imine (C=N–C) groups is 1. The van der Waals surface area contributed by atoms with E-state index in [0.29, 0.717) is 19.4 Å². The number of hydrogen-bond donors (Lipinski definition) is 4. The Kier molecular flexibility index (Phi) is 9.43. The van der Waals surface area contributed by atoms with E-state index in [-0.39, 0.29) is 24.0 Å². The van der Waals surface area contributed by atoms with Gasteiger partial charge in [-0.3, -0.25) is 4.99 Å². The highest BCUT2D eigenvalue weighted by Crippen LogP contribution is 2.22. The Balaban J connectivity index is 0.00000338. The van der Waals surface area contributed by atoms with Gasteiger partial charge in [-0.05, 0) is 50.3 Å². The molecule has 0 aliphatic heterocycles. The monoisotopic (exact) mass is 472 g/mol. The molecule has 1 aromatic heterocycles. The van der Waals surface area contributed by atoms with Crippen molar-refractivity contribution in [2.45, 2.75) is 52.6 Å². The molecule has 5 nitrogen and oxygen atoms in total. The molecule has 1 heterocycles. The predicted octanol–water partition coefficient (Wildman–Crippen LogP) is 3.74. The number of benzene rings is 1. The molecule has 0 radical (unpaired) electrons. The fraction of sp³-hybridized carbons (Fsp3) is 0.550. The minimum atomic E-state index is -0.712. The number of nitrogens with one attached hydrogen (secondary N) is 3. The number of halogens is 1. The maximum atomic E-state index is 10.4. The second-order valence-corrected chi connectivity index (χ2v) is 6.61. The van der Waals surface area contributed by atoms with Crippen LogP contribution in [0, 0.1) is 6.92 Å². The van der Waals surface area contributed by atoms with Crippen molar-refractivity contribution >= 4 is 40.8 Å². The van der Waals surface area contributed by atoms with Gasteiger partial charge in [-0.15, -0.1) is 24.0 Å². The van der Waals surface area contributed by atoms with E-state index in [2.05, 4.69) is 51.9 Å². The molecular formula is C20H33IN4O. The molecule has 2 aromatic rings. The number of aryl methyl sites for hydroxylation is 1. The maximum Gasteiger partial charge on any atom is 0.191 e.